The number of halogens is 2. The van der Waals surface area contributed by atoms with Crippen molar-refractivity contribution in [3.63, 3.8) is 0 Å². The number of amides is 1. The molecule has 2 aromatic carbocycles. The minimum Gasteiger partial charge on any atom is -0.491 e. The first-order valence-corrected chi connectivity index (χ1v) is 11.5. The Balaban J connectivity index is 1.66. The molecular formula is C25H21Cl2N3O5. The molecule has 35 heavy (non-hydrogen) atoms. The van der Waals surface area contributed by atoms with Crippen molar-refractivity contribution in [2.75, 3.05) is 5.32 Å². The number of anilines is 1. The minimum absolute atomic E-state index is 0.0844. The lowest BCUT2D eigenvalue weighted by Crippen LogP contribution is -2.21. The number of nitrogens with one attached hydrogen (secondary N) is 1. The molecule has 0 saturated carbocycles. The van der Waals surface area contributed by atoms with Crippen LogP contribution in [0.2, 0.25) is 0 Å². The predicted octanol–water partition coefficient (Wildman–Crippen LogP) is 4.84. The zero-order valence-electron chi connectivity index (χ0n) is 18.8. The standard InChI is InChI=1S/C25H21Cl2N3O5/c1-13(2)35-17-6-3-14(4-7-17)11-15-9-10-30-22(15)29-19-12-16(5-8-18(19)24(30)32)28-23(31)20(26)21(27)25(33)34/h3-8,11-13H,9-10H2,1-2H3,(H,28,31)(H,33,34)/b15-11+,21-20-. The summed E-state index contributed by atoms with van der Waals surface area (Å²) in [6.45, 7) is 4.45. The van der Waals surface area contributed by atoms with Gasteiger partial charge in [0.15, 0.2) is 0 Å². The first-order chi connectivity index (χ1) is 16.6. The van der Waals surface area contributed by atoms with Gasteiger partial charge in [0.2, 0.25) is 0 Å². The van der Waals surface area contributed by atoms with Crippen LogP contribution in [-0.2, 0) is 16.1 Å². The molecule has 180 valence electrons. The molecular weight excluding hydrogens is 493 g/mol. The van der Waals surface area contributed by atoms with Crippen molar-refractivity contribution in [2.45, 2.75) is 32.9 Å². The van der Waals surface area contributed by atoms with Gasteiger partial charge in [-0.3, -0.25) is 14.2 Å². The van der Waals surface area contributed by atoms with E-state index in [1.165, 1.54) is 12.1 Å². The van der Waals surface area contributed by atoms with E-state index in [4.69, 9.17) is 33.0 Å². The Labute approximate surface area is 210 Å². The first kappa shape index (κ1) is 24.5. The highest BCUT2D eigenvalue weighted by Gasteiger charge is 2.22. The van der Waals surface area contributed by atoms with Crippen molar-refractivity contribution in [2.24, 2.45) is 0 Å². The van der Waals surface area contributed by atoms with Crippen LogP contribution >= 0.6 is 23.2 Å². The van der Waals surface area contributed by atoms with Gasteiger partial charge in [0, 0.05) is 12.2 Å². The van der Waals surface area contributed by atoms with E-state index in [0.717, 1.165) is 16.9 Å². The van der Waals surface area contributed by atoms with Crippen LogP contribution in [0.3, 0.4) is 0 Å². The number of fused-ring (bicyclic) bond motifs is 2. The van der Waals surface area contributed by atoms with Gasteiger partial charge in [-0.1, -0.05) is 35.3 Å². The number of rotatable bonds is 6. The lowest BCUT2D eigenvalue weighted by Gasteiger charge is -2.10. The molecule has 0 bridgehead atoms. The fourth-order valence-electron chi connectivity index (χ4n) is 3.73. The molecule has 3 aromatic rings. The summed E-state index contributed by atoms with van der Waals surface area (Å²) in [4.78, 5) is 40.9. The van der Waals surface area contributed by atoms with Crippen LogP contribution in [0.5, 0.6) is 5.75 Å². The van der Waals surface area contributed by atoms with Gasteiger partial charge < -0.3 is 15.2 Å². The zero-order valence-corrected chi connectivity index (χ0v) is 20.4. The van der Waals surface area contributed by atoms with Gasteiger partial charge in [0.25, 0.3) is 11.5 Å². The number of allylic oxidation sites excluding steroid dienone is 1. The van der Waals surface area contributed by atoms with Crippen molar-refractivity contribution in [3.8, 4) is 5.75 Å². The lowest BCUT2D eigenvalue weighted by atomic mass is 10.1. The first-order valence-electron chi connectivity index (χ1n) is 10.8. The summed E-state index contributed by atoms with van der Waals surface area (Å²) >= 11 is 11.3. The summed E-state index contributed by atoms with van der Waals surface area (Å²) in [5.74, 6) is -1.07. The number of nitrogens with zero attached hydrogens (tertiary/aromatic N) is 2. The molecule has 0 atom stereocenters. The summed E-state index contributed by atoms with van der Waals surface area (Å²) in [6, 6.07) is 12.3. The highest BCUT2D eigenvalue weighted by molar-refractivity contribution is 6.54. The van der Waals surface area contributed by atoms with Crippen molar-refractivity contribution < 1.29 is 19.4 Å². The predicted molar refractivity (Wildman–Crippen MR) is 136 cm³/mol. The molecule has 0 spiro atoms. The van der Waals surface area contributed by atoms with Crippen LogP contribution in [0, 0.1) is 0 Å². The third kappa shape index (κ3) is 5.23. The maximum atomic E-state index is 13.1. The Morgan fingerprint density at radius 1 is 1.14 bits per heavy atom. The monoisotopic (exact) mass is 513 g/mol. The van der Waals surface area contributed by atoms with Gasteiger partial charge in [0.05, 0.1) is 17.0 Å². The maximum absolute atomic E-state index is 13.1. The molecule has 0 saturated heterocycles. The van der Waals surface area contributed by atoms with E-state index >= 15 is 0 Å². The van der Waals surface area contributed by atoms with Crippen LogP contribution in [0.1, 0.15) is 31.7 Å². The number of aromatic nitrogens is 2. The zero-order chi connectivity index (χ0) is 25.3. The van der Waals surface area contributed by atoms with Crippen LogP contribution in [0.4, 0.5) is 5.69 Å². The Bertz CT molecular complexity index is 1460. The summed E-state index contributed by atoms with van der Waals surface area (Å²) in [5.41, 5.74) is 2.36. The Kier molecular flexibility index (Phi) is 6.95. The molecule has 10 heteroatoms. The van der Waals surface area contributed by atoms with Gasteiger partial charge in [-0.25, -0.2) is 9.78 Å². The number of aliphatic carboxylic acids is 1. The average Bonchev–Trinajstić information content (AvgIpc) is 3.21. The molecule has 0 aliphatic carbocycles. The number of carboxylic acid groups (broad SMARTS) is 1. The van der Waals surface area contributed by atoms with Crippen LogP contribution in [0.25, 0.3) is 22.6 Å². The van der Waals surface area contributed by atoms with E-state index in [1.807, 2.05) is 44.2 Å². The largest absolute Gasteiger partial charge is 0.491 e. The molecule has 1 aliphatic rings. The van der Waals surface area contributed by atoms with E-state index in [1.54, 1.807) is 10.6 Å². The van der Waals surface area contributed by atoms with Gasteiger partial charge in [0.1, 0.15) is 21.6 Å². The highest BCUT2D eigenvalue weighted by atomic mass is 35.5. The molecule has 4 rings (SSSR count). The summed E-state index contributed by atoms with van der Waals surface area (Å²) in [6.07, 6.45) is 2.72. The smallest absolute Gasteiger partial charge is 0.349 e. The number of carbonyl (C=O) groups is 2. The van der Waals surface area contributed by atoms with Crippen LogP contribution < -0.4 is 15.6 Å². The lowest BCUT2D eigenvalue weighted by molar-refractivity contribution is -0.132. The second-order valence-corrected chi connectivity index (χ2v) is 8.92. The summed E-state index contributed by atoms with van der Waals surface area (Å²) in [7, 11) is 0. The van der Waals surface area contributed by atoms with Gasteiger partial charge in [-0.2, -0.15) is 0 Å². The molecule has 8 nitrogen and oxygen atoms in total. The normalized spacial score (nSPS) is 14.7. The topological polar surface area (TPSA) is 111 Å². The number of carboxylic acids is 1. The van der Waals surface area contributed by atoms with E-state index in [9.17, 15) is 14.4 Å². The fraction of sp³-hybridized carbons (Fsp3) is 0.200. The number of hydrogen-bond acceptors (Lipinski definition) is 5. The molecule has 1 aliphatic heterocycles. The van der Waals surface area contributed by atoms with Gasteiger partial charge in [-0.15, -0.1) is 0 Å². The van der Waals surface area contributed by atoms with Crippen molar-refractivity contribution in [1.82, 2.24) is 9.55 Å². The molecule has 0 radical (unpaired) electrons. The average molecular weight is 514 g/mol. The molecule has 0 fully saturated rings. The Hall–Kier alpha value is -3.62. The molecule has 1 aromatic heterocycles. The molecule has 1 amide bonds. The molecule has 2 N–H and O–H groups in total. The maximum Gasteiger partial charge on any atom is 0.349 e. The van der Waals surface area contributed by atoms with E-state index in [0.29, 0.717) is 29.7 Å². The van der Waals surface area contributed by atoms with Crippen molar-refractivity contribution >= 4 is 63.3 Å². The van der Waals surface area contributed by atoms with Crippen LogP contribution in [0.15, 0.2) is 57.3 Å². The fourth-order valence-corrected chi connectivity index (χ4v) is 3.94. The van der Waals surface area contributed by atoms with Crippen LogP contribution in [-0.4, -0.2) is 32.6 Å². The molecule has 2 heterocycles. The number of hydrogen-bond donors (Lipinski definition) is 2. The summed E-state index contributed by atoms with van der Waals surface area (Å²) < 4.78 is 7.32. The SMILES string of the molecule is CC(C)Oc1ccc(/C=C2\CCn3c2nc2cc(NC(=O)/C(Cl)=C(/Cl)C(=O)O)ccc2c3=O)cc1. The third-order valence-electron chi connectivity index (χ3n) is 5.28. The Morgan fingerprint density at radius 2 is 1.86 bits per heavy atom. The van der Waals surface area contributed by atoms with E-state index in [2.05, 4.69) is 10.3 Å². The van der Waals surface area contributed by atoms with E-state index in [-0.39, 0.29) is 17.4 Å². The molecule has 0 unspecified atom stereocenters. The second kappa shape index (κ2) is 9.93. The van der Waals surface area contributed by atoms with Crippen molar-refractivity contribution in [3.05, 3.63) is 74.3 Å². The highest BCUT2D eigenvalue weighted by Crippen LogP contribution is 2.29. The number of benzene rings is 2. The quantitative estimate of drug-likeness (QED) is 0.456. The summed E-state index contributed by atoms with van der Waals surface area (Å²) in [5, 5.41) is 10.3. The Morgan fingerprint density at radius 3 is 2.51 bits per heavy atom. The number of ether oxygens (including phenoxy) is 1. The number of carbonyl (C=O) groups excluding carboxylic acids is 1. The third-order valence-corrected chi connectivity index (χ3v) is 6.09. The minimum atomic E-state index is -1.52. The van der Waals surface area contributed by atoms with Gasteiger partial charge >= 0.3 is 5.97 Å². The second-order valence-electron chi connectivity index (χ2n) is 8.17. The van der Waals surface area contributed by atoms with Crippen molar-refractivity contribution in [1.29, 1.82) is 0 Å². The van der Waals surface area contributed by atoms with Gasteiger partial charge in [-0.05, 0) is 67.8 Å². The van der Waals surface area contributed by atoms with E-state index < -0.39 is 21.9 Å².